The van der Waals surface area contributed by atoms with Crippen molar-refractivity contribution in [2.75, 3.05) is 5.88 Å². The summed E-state index contributed by atoms with van der Waals surface area (Å²) in [7, 11) is 0. The molecule has 0 fully saturated rings. The third kappa shape index (κ3) is 2.18. The van der Waals surface area contributed by atoms with E-state index in [0.29, 0.717) is 12.3 Å². The van der Waals surface area contributed by atoms with Gasteiger partial charge in [-0.1, -0.05) is 22.9 Å². The molecule has 0 amide bonds. The van der Waals surface area contributed by atoms with Crippen molar-refractivity contribution in [1.29, 1.82) is 0 Å². The fourth-order valence-electron chi connectivity index (χ4n) is 1.30. The SMILES string of the molecule is Fc1c(Cl)cccc1-n1cc(CCCl)nn1. The van der Waals surface area contributed by atoms with Gasteiger partial charge in [0, 0.05) is 12.3 Å². The first-order chi connectivity index (χ1) is 7.72. The summed E-state index contributed by atoms with van der Waals surface area (Å²) >= 11 is 11.2. The van der Waals surface area contributed by atoms with E-state index in [-0.39, 0.29) is 10.7 Å². The highest BCUT2D eigenvalue weighted by Crippen LogP contribution is 2.20. The van der Waals surface area contributed by atoms with Crippen LogP contribution in [0.3, 0.4) is 0 Å². The van der Waals surface area contributed by atoms with Crippen LogP contribution in [0.4, 0.5) is 4.39 Å². The second kappa shape index (κ2) is 4.80. The third-order valence-electron chi connectivity index (χ3n) is 2.07. The molecule has 2 rings (SSSR count). The zero-order valence-electron chi connectivity index (χ0n) is 8.20. The van der Waals surface area contributed by atoms with Gasteiger partial charge < -0.3 is 0 Å². The van der Waals surface area contributed by atoms with E-state index in [9.17, 15) is 4.39 Å². The second-order valence-corrected chi connectivity index (χ2v) is 3.95. The maximum Gasteiger partial charge on any atom is 0.167 e. The highest BCUT2D eigenvalue weighted by molar-refractivity contribution is 6.30. The average molecular weight is 260 g/mol. The molecule has 0 atom stereocenters. The lowest BCUT2D eigenvalue weighted by Crippen LogP contribution is -1.98. The molecule has 16 heavy (non-hydrogen) atoms. The molecule has 0 aliphatic carbocycles. The molecule has 0 saturated carbocycles. The molecule has 0 aliphatic heterocycles. The van der Waals surface area contributed by atoms with Crippen molar-refractivity contribution in [2.24, 2.45) is 0 Å². The molecule has 84 valence electrons. The van der Waals surface area contributed by atoms with Gasteiger partial charge in [-0.2, -0.15) is 0 Å². The van der Waals surface area contributed by atoms with Crippen LogP contribution in [-0.2, 0) is 6.42 Å². The number of alkyl halides is 1. The van der Waals surface area contributed by atoms with Crippen molar-refractivity contribution in [2.45, 2.75) is 6.42 Å². The van der Waals surface area contributed by atoms with Gasteiger partial charge in [-0.25, -0.2) is 9.07 Å². The molecule has 1 aromatic heterocycles. The number of halogens is 3. The molecule has 0 bridgehead atoms. The van der Waals surface area contributed by atoms with Gasteiger partial charge in [0.2, 0.25) is 0 Å². The van der Waals surface area contributed by atoms with E-state index in [2.05, 4.69) is 10.3 Å². The Balaban J connectivity index is 2.39. The van der Waals surface area contributed by atoms with Crippen molar-refractivity contribution >= 4 is 23.2 Å². The highest BCUT2D eigenvalue weighted by Gasteiger charge is 2.10. The fourth-order valence-corrected chi connectivity index (χ4v) is 1.66. The Hall–Kier alpha value is -1.13. The van der Waals surface area contributed by atoms with E-state index in [0.717, 1.165) is 5.69 Å². The summed E-state index contributed by atoms with van der Waals surface area (Å²) in [5.41, 5.74) is 0.996. The molecular formula is C10H8Cl2FN3. The molecule has 0 spiro atoms. The molecule has 2 aromatic rings. The Kier molecular flexibility index (Phi) is 3.41. The summed E-state index contributed by atoms with van der Waals surface area (Å²) < 4.78 is 15.0. The number of hydrogen-bond acceptors (Lipinski definition) is 2. The predicted octanol–water partition coefficient (Wildman–Crippen LogP) is 2.84. The monoisotopic (exact) mass is 259 g/mol. The standard InChI is InChI=1S/C10H8Cl2FN3/c11-5-4-7-6-16(15-14-7)9-3-1-2-8(12)10(9)13/h1-3,6H,4-5H2. The number of benzene rings is 1. The smallest absolute Gasteiger partial charge is 0.167 e. The molecule has 1 heterocycles. The predicted molar refractivity (Wildman–Crippen MR) is 60.8 cm³/mol. The minimum Gasteiger partial charge on any atom is -0.217 e. The summed E-state index contributed by atoms with van der Waals surface area (Å²) in [5, 5.41) is 7.75. The van der Waals surface area contributed by atoms with Crippen molar-refractivity contribution < 1.29 is 4.39 Å². The number of nitrogens with zero attached hydrogens (tertiary/aromatic N) is 3. The Morgan fingerprint density at radius 3 is 2.94 bits per heavy atom. The van der Waals surface area contributed by atoms with Gasteiger partial charge in [0.25, 0.3) is 0 Å². The third-order valence-corrected chi connectivity index (χ3v) is 2.55. The zero-order valence-corrected chi connectivity index (χ0v) is 9.71. The van der Waals surface area contributed by atoms with Crippen molar-refractivity contribution in [3.8, 4) is 5.69 Å². The van der Waals surface area contributed by atoms with E-state index in [1.807, 2.05) is 0 Å². The summed E-state index contributed by atoms with van der Waals surface area (Å²) in [4.78, 5) is 0. The lowest BCUT2D eigenvalue weighted by atomic mass is 10.3. The van der Waals surface area contributed by atoms with Gasteiger partial charge in [-0.15, -0.1) is 16.7 Å². The quantitative estimate of drug-likeness (QED) is 0.794. The maximum atomic E-state index is 13.6. The molecule has 6 heteroatoms. The summed E-state index contributed by atoms with van der Waals surface area (Å²) in [6.07, 6.45) is 2.24. The zero-order chi connectivity index (χ0) is 11.5. The molecule has 1 aromatic carbocycles. The Bertz CT molecular complexity index is 499. The maximum absolute atomic E-state index is 13.6. The van der Waals surface area contributed by atoms with E-state index in [4.69, 9.17) is 23.2 Å². The van der Waals surface area contributed by atoms with Crippen LogP contribution in [0.15, 0.2) is 24.4 Å². The van der Waals surface area contributed by atoms with Gasteiger partial charge in [-0.05, 0) is 12.1 Å². The largest absolute Gasteiger partial charge is 0.217 e. The molecular weight excluding hydrogens is 252 g/mol. The number of rotatable bonds is 3. The summed E-state index contributed by atoms with van der Waals surface area (Å²) in [6.45, 7) is 0. The minimum atomic E-state index is -0.508. The second-order valence-electron chi connectivity index (χ2n) is 3.17. The first kappa shape index (κ1) is 11.4. The number of aromatic nitrogens is 3. The van der Waals surface area contributed by atoms with Gasteiger partial charge in [0.05, 0.1) is 16.9 Å². The normalized spacial score (nSPS) is 10.7. The van der Waals surface area contributed by atoms with Gasteiger partial charge in [0.15, 0.2) is 5.82 Å². The van der Waals surface area contributed by atoms with E-state index >= 15 is 0 Å². The topological polar surface area (TPSA) is 30.7 Å². The van der Waals surface area contributed by atoms with Crippen LogP contribution < -0.4 is 0 Å². The molecule has 0 aliphatic rings. The minimum absolute atomic E-state index is 0.0619. The van der Waals surface area contributed by atoms with Crippen LogP contribution in [0.5, 0.6) is 0 Å². The van der Waals surface area contributed by atoms with Crippen molar-refractivity contribution in [3.05, 3.63) is 40.9 Å². The fraction of sp³-hybridized carbons (Fsp3) is 0.200. The highest BCUT2D eigenvalue weighted by atomic mass is 35.5. The van der Waals surface area contributed by atoms with E-state index in [1.165, 1.54) is 10.7 Å². The Morgan fingerprint density at radius 1 is 1.38 bits per heavy atom. The van der Waals surface area contributed by atoms with Crippen LogP contribution in [0.25, 0.3) is 5.69 Å². The van der Waals surface area contributed by atoms with Crippen LogP contribution in [0.1, 0.15) is 5.69 Å². The van der Waals surface area contributed by atoms with Gasteiger partial charge >= 0.3 is 0 Å². The van der Waals surface area contributed by atoms with Gasteiger partial charge in [-0.3, -0.25) is 0 Å². The molecule has 0 unspecified atom stereocenters. The lowest BCUT2D eigenvalue weighted by molar-refractivity contribution is 0.607. The summed E-state index contributed by atoms with van der Waals surface area (Å²) in [6, 6.07) is 4.72. The number of hydrogen-bond donors (Lipinski definition) is 0. The average Bonchev–Trinajstić information content (AvgIpc) is 2.71. The van der Waals surface area contributed by atoms with Crippen molar-refractivity contribution in [1.82, 2.24) is 15.0 Å². The van der Waals surface area contributed by atoms with E-state index in [1.54, 1.807) is 18.3 Å². The first-order valence-electron chi connectivity index (χ1n) is 4.64. The Labute approximate surface area is 102 Å². The van der Waals surface area contributed by atoms with Crippen molar-refractivity contribution in [3.63, 3.8) is 0 Å². The number of aryl methyl sites for hydroxylation is 1. The van der Waals surface area contributed by atoms with Crippen LogP contribution in [0, 0.1) is 5.82 Å². The first-order valence-corrected chi connectivity index (χ1v) is 5.55. The van der Waals surface area contributed by atoms with Crippen LogP contribution >= 0.6 is 23.2 Å². The molecule has 0 saturated heterocycles. The van der Waals surface area contributed by atoms with Crippen LogP contribution in [-0.4, -0.2) is 20.9 Å². The Morgan fingerprint density at radius 2 is 2.19 bits per heavy atom. The summed E-state index contributed by atoms with van der Waals surface area (Å²) in [5.74, 6) is -0.0528. The van der Waals surface area contributed by atoms with E-state index < -0.39 is 5.82 Å². The molecule has 3 nitrogen and oxygen atoms in total. The lowest BCUT2D eigenvalue weighted by Gasteiger charge is -2.02. The van der Waals surface area contributed by atoms with Crippen LogP contribution in [0.2, 0.25) is 5.02 Å². The molecule has 0 radical (unpaired) electrons. The van der Waals surface area contributed by atoms with Gasteiger partial charge in [0.1, 0.15) is 5.69 Å². The molecule has 0 N–H and O–H groups in total.